The second-order valence-electron chi connectivity index (χ2n) is 4.15. The van der Waals surface area contributed by atoms with Crippen LogP contribution in [0.3, 0.4) is 0 Å². The van der Waals surface area contributed by atoms with Crippen molar-refractivity contribution in [3.8, 4) is 0 Å². The van der Waals surface area contributed by atoms with E-state index in [-0.39, 0.29) is 0 Å². The van der Waals surface area contributed by atoms with E-state index in [9.17, 15) is 0 Å². The van der Waals surface area contributed by atoms with Crippen LogP contribution in [0.15, 0.2) is 46.5 Å². The van der Waals surface area contributed by atoms with Crippen LogP contribution < -0.4 is 5.32 Å². The maximum atomic E-state index is 4.32. The second-order valence-corrected chi connectivity index (χ2v) is 6.56. The summed E-state index contributed by atoms with van der Waals surface area (Å²) < 4.78 is 1.08. The minimum absolute atomic E-state index is 0.865. The predicted octanol–water partition coefficient (Wildman–Crippen LogP) is 4.11. The molecule has 0 amide bonds. The van der Waals surface area contributed by atoms with Gasteiger partial charge < -0.3 is 5.32 Å². The molecule has 0 aliphatic heterocycles. The van der Waals surface area contributed by atoms with Gasteiger partial charge in [-0.05, 0) is 34.0 Å². The highest BCUT2D eigenvalue weighted by Crippen LogP contribution is 2.31. The van der Waals surface area contributed by atoms with Crippen molar-refractivity contribution in [3.63, 3.8) is 0 Å². The van der Waals surface area contributed by atoms with Crippen LogP contribution in [0.25, 0.3) is 10.2 Å². The molecule has 0 radical (unpaired) electrons. The molecule has 5 heteroatoms. The van der Waals surface area contributed by atoms with Crippen LogP contribution >= 0.6 is 27.3 Å². The van der Waals surface area contributed by atoms with Crippen molar-refractivity contribution in [2.24, 2.45) is 0 Å². The van der Waals surface area contributed by atoms with Crippen molar-refractivity contribution in [1.29, 1.82) is 0 Å². The molecule has 0 saturated carbocycles. The monoisotopic (exact) mass is 333 g/mol. The van der Waals surface area contributed by atoms with Crippen molar-refractivity contribution in [1.82, 2.24) is 9.97 Å². The number of thiophene rings is 1. The topological polar surface area (TPSA) is 37.8 Å². The van der Waals surface area contributed by atoms with Gasteiger partial charge in [0.25, 0.3) is 0 Å². The Bertz CT molecular complexity index is 681. The summed E-state index contributed by atoms with van der Waals surface area (Å²) in [5, 5.41) is 4.46. The number of benzene rings is 1. The van der Waals surface area contributed by atoms with Crippen LogP contribution in [0.2, 0.25) is 0 Å². The van der Waals surface area contributed by atoms with Crippen LogP contribution in [0.1, 0.15) is 5.56 Å². The number of hydrogen-bond donors (Lipinski definition) is 1. The van der Waals surface area contributed by atoms with Crippen LogP contribution in [0, 0.1) is 0 Å². The molecule has 1 N–H and O–H groups in total. The van der Waals surface area contributed by atoms with Gasteiger partial charge in [-0.15, -0.1) is 11.3 Å². The number of rotatable bonds is 4. The zero-order chi connectivity index (χ0) is 13.1. The second kappa shape index (κ2) is 5.67. The van der Waals surface area contributed by atoms with Crippen molar-refractivity contribution in [2.45, 2.75) is 6.42 Å². The molecule has 0 aliphatic rings. The summed E-state index contributed by atoms with van der Waals surface area (Å²) in [6, 6.07) is 12.5. The molecule has 19 heavy (non-hydrogen) atoms. The van der Waals surface area contributed by atoms with E-state index in [0.29, 0.717) is 0 Å². The van der Waals surface area contributed by atoms with Crippen molar-refractivity contribution in [3.05, 3.63) is 52.1 Å². The third kappa shape index (κ3) is 2.93. The van der Waals surface area contributed by atoms with Gasteiger partial charge in [-0.25, -0.2) is 9.97 Å². The first-order chi connectivity index (χ1) is 9.33. The van der Waals surface area contributed by atoms with E-state index in [1.165, 1.54) is 5.56 Å². The standard InChI is InChI=1S/C14H12BrN3S/c15-12-8-11-13(17-9-18-14(11)19-12)16-7-6-10-4-2-1-3-5-10/h1-5,8-9H,6-7H2,(H,16,17,18). The number of aromatic nitrogens is 2. The van der Waals surface area contributed by atoms with Gasteiger partial charge >= 0.3 is 0 Å². The van der Waals surface area contributed by atoms with E-state index in [2.05, 4.69) is 61.5 Å². The molecule has 1 aromatic carbocycles. The van der Waals surface area contributed by atoms with Gasteiger partial charge in [0, 0.05) is 6.54 Å². The Morgan fingerprint density at radius 1 is 1.16 bits per heavy atom. The lowest BCUT2D eigenvalue weighted by molar-refractivity contribution is 1.01. The average molecular weight is 334 g/mol. The van der Waals surface area contributed by atoms with Gasteiger partial charge in [0.1, 0.15) is 17.0 Å². The number of nitrogens with one attached hydrogen (secondary N) is 1. The number of nitrogens with zero attached hydrogens (tertiary/aromatic N) is 2. The molecule has 3 aromatic rings. The number of fused-ring (bicyclic) bond motifs is 1. The molecule has 0 spiro atoms. The van der Waals surface area contributed by atoms with Gasteiger partial charge in [0.15, 0.2) is 0 Å². The maximum Gasteiger partial charge on any atom is 0.138 e. The van der Waals surface area contributed by atoms with Crippen molar-refractivity contribution in [2.75, 3.05) is 11.9 Å². The third-order valence-corrected chi connectivity index (χ3v) is 4.39. The fraction of sp³-hybridized carbons (Fsp3) is 0.143. The molecule has 0 fully saturated rings. The van der Waals surface area contributed by atoms with E-state index in [1.807, 2.05) is 6.07 Å². The Morgan fingerprint density at radius 2 is 2.00 bits per heavy atom. The molecular weight excluding hydrogens is 322 g/mol. The Hall–Kier alpha value is -1.46. The van der Waals surface area contributed by atoms with Gasteiger partial charge in [0.2, 0.25) is 0 Å². The molecule has 0 bridgehead atoms. The zero-order valence-electron chi connectivity index (χ0n) is 10.1. The van der Waals surface area contributed by atoms with E-state index >= 15 is 0 Å². The third-order valence-electron chi connectivity index (χ3n) is 2.85. The quantitative estimate of drug-likeness (QED) is 0.780. The summed E-state index contributed by atoms with van der Waals surface area (Å²) in [5.74, 6) is 0.905. The van der Waals surface area contributed by atoms with E-state index in [4.69, 9.17) is 0 Å². The largest absolute Gasteiger partial charge is 0.369 e. The minimum Gasteiger partial charge on any atom is -0.369 e. The first kappa shape index (κ1) is 12.6. The highest BCUT2D eigenvalue weighted by Gasteiger charge is 2.06. The smallest absolute Gasteiger partial charge is 0.138 e. The summed E-state index contributed by atoms with van der Waals surface area (Å²) in [5.41, 5.74) is 1.33. The van der Waals surface area contributed by atoms with Crippen LogP contribution in [0.5, 0.6) is 0 Å². The van der Waals surface area contributed by atoms with Gasteiger partial charge in [-0.3, -0.25) is 0 Å². The summed E-state index contributed by atoms with van der Waals surface area (Å²) in [4.78, 5) is 9.59. The number of anilines is 1. The van der Waals surface area contributed by atoms with Gasteiger partial charge in [-0.1, -0.05) is 30.3 Å². The fourth-order valence-corrected chi connectivity index (χ4v) is 3.35. The Morgan fingerprint density at radius 3 is 2.84 bits per heavy atom. The summed E-state index contributed by atoms with van der Waals surface area (Å²) in [6.45, 7) is 0.865. The molecule has 2 heterocycles. The highest BCUT2D eigenvalue weighted by atomic mass is 79.9. The molecule has 0 saturated heterocycles. The average Bonchev–Trinajstić information content (AvgIpc) is 2.81. The van der Waals surface area contributed by atoms with E-state index in [1.54, 1.807) is 17.7 Å². The Labute approximate surface area is 123 Å². The summed E-state index contributed by atoms with van der Waals surface area (Å²) >= 11 is 5.11. The Balaban J connectivity index is 1.72. The van der Waals surface area contributed by atoms with E-state index < -0.39 is 0 Å². The molecule has 2 aromatic heterocycles. The van der Waals surface area contributed by atoms with Crippen LogP contribution in [-0.4, -0.2) is 16.5 Å². The zero-order valence-corrected chi connectivity index (χ0v) is 12.5. The molecule has 96 valence electrons. The summed E-state index contributed by atoms with van der Waals surface area (Å²) in [6.07, 6.45) is 2.59. The predicted molar refractivity (Wildman–Crippen MR) is 83.8 cm³/mol. The first-order valence-corrected chi connectivity index (χ1v) is 7.62. The van der Waals surface area contributed by atoms with Crippen molar-refractivity contribution >= 4 is 43.3 Å². The first-order valence-electron chi connectivity index (χ1n) is 6.01. The highest BCUT2D eigenvalue weighted by molar-refractivity contribution is 9.11. The SMILES string of the molecule is Brc1cc2c(NCCc3ccccc3)ncnc2s1. The van der Waals surface area contributed by atoms with Crippen LogP contribution in [0.4, 0.5) is 5.82 Å². The lowest BCUT2D eigenvalue weighted by atomic mass is 10.1. The van der Waals surface area contributed by atoms with E-state index in [0.717, 1.165) is 32.8 Å². The normalized spacial score (nSPS) is 10.8. The molecule has 0 atom stereocenters. The molecule has 0 unspecified atom stereocenters. The van der Waals surface area contributed by atoms with Gasteiger partial charge in [0.05, 0.1) is 9.17 Å². The fourth-order valence-electron chi connectivity index (χ4n) is 1.94. The minimum atomic E-state index is 0.865. The molecule has 3 rings (SSSR count). The van der Waals surface area contributed by atoms with Crippen molar-refractivity contribution < 1.29 is 0 Å². The number of halogens is 1. The number of hydrogen-bond acceptors (Lipinski definition) is 4. The summed E-state index contributed by atoms with van der Waals surface area (Å²) in [7, 11) is 0. The molecule has 3 nitrogen and oxygen atoms in total. The lowest BCUT2D eigenvalue weighted by Gasteiger charge is -2.06. The van der Waals surface area contributed by atoms with Crippen LogP contribution in [-0.2, 0) is 6.42 Å². The molecule has 0 aliphatic carbocycles. The molecular formula is C14H12BrN3S. The van der Waals surface area contributed by atoms with Gasteiger partial charge in [-0.2, -0.15) is 0 Å². The maximum absolute atomic E-state index is 4.32. The Kier molecular flexibility index (Phi) is 3.75. The lowest BCUT2D eigenvalue weighted by Crippen LogP contribution is -2.06.